The topological polar surface area (TPSA) is 173 Å². The van der Waals surface area contributed by atoms with Gasteiger partial charge in [-0.15, -0.1) is 19.0 Å². The summed E-state index contributed by atoms with van der Waals surface area (Å²) in [7, 11) is 2.95. The van der Waals surface area contributed by atoms with Gasteiger partial charge in [0.15, 0.2) is 6.10 Å². The number of rotatable bonds is 6. The normalized spacial score (nSPS) is 28.6. The van der Waals surface area contributed by atoms with Gasteiger partial charge in [0, 0.05) is 43.9 Å². The number of carbonyl (C=O) groups is 2. The van der Waals surface area contributed by atoms with Crippen molar-refractivity contribution in [2.24, 2.45) is 17.6 Å². The number of benzene rings is 1. The molecule has 1 aromatic carbocycles. The van der Waals surface area contributed by atoms with Crippen LogP contribution in [0.3, 0.4) is 0 Å². The van der Waals surface area contributed by atoms with Gasteiger partial charge in [0.1, 0.15) is 17.6 Å². The molecule has 6 atom stereocenters. The van der Waals surface area contributed by atoms with Crippen LogP contribution in [0, 0.1) is 11.8 Å². The molecule has 240 valence electrons. The summed E-state index contributed by atoms with van der Waals surface area (Å²) in [5.74, 6) is -1.41. The second kappa shape index (κ2) is 17.6. The predicted molar refractivity (Wildman–Crippen MR) is 170 cm³/mol. The molecule has 7 N–H and O–H groups in total. The number of phenols is 2. The number of anilines is 2. The third-order valence-electron chi connectivity index (χ3n) is 7.25. The molecule has 43 heavy (non-hydrogen) atoms. The van der Waals surface area contributed by atoms with E-state index in [0.717, 1.165) is 0 Å². The van der Waals surface area contributed by atoms with Crippen LogP contribution in [0.15, 0.2) is 54.2 Å². The van der Waals surface area contributed by atoms with Crippen molar-refractivity contribution < 1.29 is 39.1 Å². The first-order valence-corrected chi connectivity index (χ1v) is 13.8. The number of nitrogens with two attached hydrogens (primary N) is 1. The lowest BCUT2D eigenvalue weighted by Crippen LogP contribution is -2.37. The van der Waals surface area contributed by atoms with Crippen LogP contribution in [-0.2, 0) is 25.4 Å². The van der Waals surface area contributed by atoms with Crippen LogP contribution < -0.4 is 16.4 Å². The molecule has 1 heterocycles. The lowest BCUT2D eigenvalue weighted by molar-refractivity contribution is -0.112. The van der Waals surface area contributed by atoms with Crippen molar-refractivity contribution in [2.45, 2.75) is 65.0 Å². The molecule has 0 aromatic heterocycles. The van der Waals surface area contributed by atoms with Gasteiger partial charge in [-0.25, -0.2) is 4.79 Å². The van der Waals surface area contributed by atoms with Gasteiger partial charge in [0.25, 0.3) is 5.91 Å². The summed E-state index contributed by atoms with van der Waals surface area (Å²) in [4.78, 5) is 24.7. The average Bonchev–Trinajstić information content (AvgIpc) is 2.94. The summed E-state index contributed by atoms with van der Waals surface area (Å²) in [5, 5.41) is 39.1. The zero-order valence-electron chi connectivity index (χ0n) is 25.6. The van der Waals surface area contributed by atoms with Crippen LogP contribution in [-0.4, -0.2) is 72.5 Å². The molecule has 12 heteroatoms. The molecule has 0 radical (unpaired) electrons. The van der Waals surface area contributed by atoms with Crippen LogP contribution in [0.2, 0.25) is 0 Å². The molecule has 0 spiro atoms. The Kier molecular flexibility index (Phi) is 15.3. The zero-order valence-corrected chi connectivity index (χ0v) is 26.4. The number of ether oxygens (including phenoxy) is 3. The third-order valence-corrected chi connectivity index (χ3v) is 7.25. The molecule has 2 rings (SSSR count). The molecule has 0 saturated heterocycles. The van der Waals surface area contributed by atoms with E-state index in [1.807, 2.05) is 13.8 Å². The number of fused-ring (bicyclic) bond motifs is 2. The minimum absolute atomic E-state index is 0. The van der Waals surface area contributed by atoms with Crippen LogP contribution in [0.5, 0.6) is 11.5 Å². The number of allylic oxidation sites excluding steroid dienone is 2. The number of methoxy groups -OCH3 is 2. The molecule has 1 aliphatic heterocycles. The number of hydrogen-bond acceptors (Lipinski definition) is 9. The first kappa shape index (κ1) is 37.5. The average molecular weight is 624 g/mol. The van der Waals surface area contributed by atoms with Gasteiger partial charge >= 0.3 is 6.09 Å². The van der Waals surface area contributed by atoms with Gasteiger partial charge in [-0.2, -0.15) is 0 Å². The fourth-order valence-electron chi connectivity index (χ4n) is 4.98. The van der Waals surface area contributed by atoms with E-state index in [0.29, 0.717) is 41.8 Å². The van der Waals surface area contributed by atoms with Gasteiger partial charge < -0.3 is 45.9 Å². The van der Waals surface area contributed by atoms with E-state index in [-0.39, 0.29) is 35.5 Å². The Morgan fingerprint density at radius 1 is 1.23 bits per heavy atom. The Bertz CT molecular complexity index is 1220. The summed E-state index contributed by atoms with van der Waals surface area (Å²) in [6.07, 6.45) is 4.64. The van der Waals surface area contributed by atoms with E-state index in [4.69, 9.17) is 19.9 Å². The Hall–Kier alpha value is -3.51. The molecule has 6 unspecified atom stereocenters. The first-order valence-electron chi connectivity index (χ1n) is 13.8. The predicted octanol–water partition coefficient (Wildman–Crippen LogP) is 4.58. The molecule has 1 aromatic rings. The van der Waals surface area contributed by atoms with Crippen molar-refractivity contribution in [1.82, 2.24) is 0 Å². The van der Waals surface area contributed by atoms with Crippen molar-refractivity contribution in [3.05, 3.63) is 59.7 Å². The highest BCUT2D eigenvalue weighted by Crippen LogP contribution is 2.42. The summed E-state index contributed by atoms with van der Waals surface area (Å²) >= 11 is 0. The van der Waals surface area contributed by atoms with Crippen molar-refractivity contribution in [1.29, 1.82) is 0 Å². The maximum atomic E-state index is 13.0. The van der Waals surface area contributed by atoms with Gasteiger partial charge in [-0.1, -0.05) is 44.2 Å². The van der Waals surface area contributed by atoms with Crippen molar-refractivity contribution in [3.63, 3.8) is 0 Å². The van der Waals surface area contributed by atoms with Crippen LogP contribution in [0.4, 0.5) is 16.2 Å². The summed E-state index contributed by atoms with van der Waals surface area (Å²) in [5.41, 5.74) is 7.01. The lowest BCUT2D eigenvalue weighted by atomic mass is 9.87. The smallest absolute Gasteiger partial charge is 0.405 e. The molecule has 0 saturated carbocycles. The number of aliphatic hydroxyl groups is 1. The molecule has 0 aliphatic carbocycles. The molecule has 2 amide bonds. The molecule has 2 bridgehead atoms. The van der Waals surface area contributed by atoms with Crippen molar-refractivity contribution >= 4 is 35.8 Å². The summed E-state index contributed by atoms with van der Waals surface area (Å²) in [6.45, 7) is 11.1. The lowest BCUT2D eigenvalue weighted by Gasteiger charge is -2.29. The first-order chi connectivity index (χ1) is 19.8. The van der Waals surface area contributed by atoms with Crippen LogP contribution >= 0.6 is 12.4 Å². The SMILES string of the molecule is C=CCNc1c(O)cc2c(O)c1CC(C)CC(OC)C(O)C(C)/C=C(\C)C(OC(N)=O)C(OC)/C=C\C=C(/C)C(=O)N2.Cl. The fourth-order valence-corrected chi connectivity index (χ4v) is 4.98. The van der Waals surface area contributed by atoms with Gasteiger partial charge in [-0.05, 0) is 38.2 Å². The largest absolute Gasteiger partial charge is 0.506 e. The fraction of sp³-hybridized carbons (Fsp3) is 0.484. The number of hydrogen-bond donors (Lipinski definition) is 6. The number of nitrogens with one attached hydrogen (secondary N) is 2. The highest BCUT2D eigenvalue weighted by Gasteiger charge is 2.30. The van der Waals surface area contributed by atoms with E-state index >= 15 is 0 Å². The molecule has 0 fully saturated rings. The van der Waals surface area contributed by atoms with Gasteiger partial charge in [-0.3, -0.25) is 4.79 Å². The van der Waals surface area contributed by atoms with Gasteiger partial charge in [0.05, 0.1) is 23.6 Å². The number of carbonyl (C=O) groups excluding carboxylic acids is 2. The minimum Gasteiger partial charge on any atom is -0.506 e. The maximum Gasteiger partial charge on any atom is 0.405 e. The standard InChI is InChI=1S/C31H45N3O8.ClH/c1-8-12-33-26-21-13-17(2)14-25(41-7)27(36)19(4)15-20(5)29(42-31(32)39)24(40-6)11-9-10-18(3)30(38)34-22(28(21)37)16-23(26)35;/h8-11,15-17,19,24-25,27,29,33,35-37H,1,12-14H2,2-7H3,(H2,32,39)(H,34,38);1H/b11-9-,18-10+,20-15+;. The second-order valence-electron chi connectivity index (χ2n) is 10.6. The summed E-state index contributed by atoms with van der Waals surface area (Å²) < 4.78 is 16.6. The number of aromatic hydroxyl groups is 2. The Morgan fingerprint density at radius 3 is 2.49 bits per heavy atom. The summed E-state index contributed by atoms with van der Waals surface area (Å²) in [6, 6.07) is 1.28. The Balaban J connectivity index is 0.00000924. The molecular formula is C31H46ClN3O8. The van der Waals surface area contributed by atoms with Gasteiger partial charge in [0.2, 0.25) is 0 Å². The molecule has 1 aliphatic rings. The molecular weight excluding hydrogens is 578 g/mol. The van der Waals surface area contributed by atoms with E-state index in [2.05, 4.69) is 17.2 Å². The Morgan fingerprint density at radius 2 is 1.91 bits per heavy atom. The number of halogens is 1. The quantitative estimate of drug-likeness (QED) is 0.151. The Labute approximate surface area is 259 Å². The molecule has 11 nitrogen and oxygen atoms in total. The number of primary amides is 1. The van der Waals surface area contributed by atoms with E-state index in [9.17, 15) is 24.9 Å². The highest BCUT2D eigenvalue weighted by atomic mass is 35.5. The third kappa shape index (κ3) is 10.3. The van der Waals surface area contributed by atoms with Crippen LogP contribution in [0.25, 0.3) is 0 Å². The zero-order chi connectivity index (χ0) is 31.6. The van der Waals surface area contributed by atoms with E-state index in [1.54, 1.807) is 38.2 Å². The van der Waals surface area contributed by atoms with Crippen molar-refractivity contribution in [2.75, 3.05) is 31.4 Å². The van der Waals surface area contributed by atoms with E-state index in [1.165, 1.54) is 26.4 Å². The highest BCUT2D eigenvalue weighted by molar-refractivity contribution is 6.04. The van der Waals surface area contributed by atoms with Crippen LogP contribution in [0.1, 0.15) is 39.7 Å². The second-order valence-corrected chi connectivity index (χ2v) is 10.6. The number of phenolic OH excluding ortho intramolecular Hbond substituents is 2. The number of amides is 2. The minimum atomic E-state index is -0.990. The van der Waals surface area contributed by atoms with E-state index < -0.39 is 42.3 Å². The van der Waals surface area contributed by atoms with Crippen molar-refractivity contribution in [3.8, 4) is 11.5 Å². The monoisotopic (exact) mass is 623 g/mol. The number of aliphatic hydroxyl groups excluding tert-OH is 1. The maximum absolute atomic E-state index is 13.0.